The van der Waals surface area contributed by atoms with E-state index in [1.165, 1.54) is 24.3 Å². The van der Waals surface area contributed by atoms with Gasteiger partial charge in [0.05, 0.1) is 4.90 Å². The van der Waals surface area contributed by atoms with Crippen molar-refractivity contribution in [3.05, 3.63) is 72.1 Å². The van der Waals surface area contributed by atoms with Crippen LogP contribution in [0.3, 0.4) is 0 Å². The number of aryl methyl sites for hydroxylation is 1. The molecule has 0 aliphatic carbocycles. The Bertz CT molecular complexity index is 1120. The van der Waals surface area contributed by atoms with Gasteiger partial charge in [0.2, 0.25) is 5.95 Å². The number of anilines is 3. The van der Waals surface area contributed by atoms with Crippen molar-refractivity contribution in [3.63, 3.8) is 0 Å². The molecular formula is C20H22N6O3S. The van der Waals surface area contributed by atoms with Crippen LogP contribution < -0.4 is 21.1 Å². The lowest BCUT2D eigenvalue weighted by Crippen LogP contribution is -2.19. The molecule has 0 spiro atoms. The lowest BCUT2D eigenvalue weighted by atomic mass is 10.3. The molecule has 0 atom stereocenters. The van der Waals surface area contributed by atoms with Crippen LogP contribution in [-0.4, -0.2) is 37.4 Å². The van der Waals surface area contributed by atoms with E-state index in [1.54, 1.807) is 43.3 Å². The van der Waals surface area contributed by atoms with E-state index in [0.29, 0.717) is 36.1 Å². The van der Waals surface area contributed by atoms with Gasteiger partial charge in [0.25, 0.3) is 15.9 Å². The summed E-state index contributed by atoms with van der Waals surface area (Å²) in [5, 5.41) is 5.64. The number of nitrogens with zero attached hydrogens (tertiary/aromatic N) is 2. The standard InChI is InChI=1S/C20H22N6O3S/c1-14-13-18(25-20(23-14)22-12-11-21)19(27)24-15-7-9-17(10-8-15)30(28,29)26-16-5-3-2-4-6-16/h2-10,13,26H,11-12,21H2,1H3,(H,24,27)(H,22,23,25). The molecule has 1 heterocycles. The predicted molar refractivity (Wildman–Crippen MR) is 116 cm³/mol. The molecule has 1 amide bonds. The molecule has 1 aromatic heterocycles. The first-order chi connectivity index (χ1) is 14.4. The fourth-order valence-corrected chi connectivity index (χ4v) is 3.64. The fourth-order valence-electron chi connectivity index (χ4n) is 2.58. The van der Waals surface area contributed by atoms with Crippen molar-refractivity contribution in [3.8, 4) is 0 Å². The molecule has 3 rings (SSSR count). The van der Waals surface area contributed by atoms with Gasteiger partial charge in [-0.25, -0.2) is 18.4 Å². The molecule has 156 valence electrons. The van der Waals surface area contributed by atoms with Crippen molar-refractivity contribution >= 4 is 33.3 Å². The van der Waals surface area contributed by atoms with Gasteiger partial charge in [-0.3, -0.25) is 9.52 Å². The first kappa shape index (κ1) is 21.2. The minimum absolute atomic E-state index is 0.0792. The zero-order valence-corrected chi connectivity index (χ0v) is 17.1. The second-order valence-electron chi connectivity index (χ2n) is 6.38. The van der Waals surface area contributed by atoms with Crippen molar-refractivity contribution in [1.82, 2.24) is 9.97 Å². The molecule has 3 aromatic rings. The van der Waals surface area contributed by atoms with Crippen LogP contribution in [0.25, 0.3) is 0 Å². The Morgan fingerprint density at radius 1 is 1.00 bits per heavy atom. The maximum Gasteiger partial charge on any atom is 0.274 e. The van der Waals surface area contributed by atoms with E-state index < -0.39 is 15.9 Å². The first-order valence-corrected chi connectivity index (χ1v) is 10.6. The Morgan fingerprint density at radius 3 is 2.37 bits per heavy atom. The Kier molecular flexibility index (Phi) is 6.60. The molecule has 0 saturated carbocycles. The van der Waals surface area contributed by atoms with E-state index >= 15 is 0 Å². The van der Waals surface area contributed by atoms with Gasteiger partial charge < -0.3 is 16.4 Å². The van der Waals surface area contributed by atoms with Crippen LogP contribution in [-0.2, 0) is 10.0 Å². The number of para-hydroxylation sites is 1. The highest BCUT2D eigenvalue weighted by molar-refractivity contribution is 7.92. The second kappa shape index (κ2) is 9.33. The third-order valence-electron chi connectivity index (χ3n) is 3.96. The van der Waals surface area contributed by atoms with Crippen LogP contribution in [0.2, 0.25) is 0 Å². The van der Waals surface area contributed by atoms with Gasteiger partial charge in [-0.1, -0.05) is 18.2 Å². The molecule has 0 aliphatic heterocycles. The molecule has 10 heteroatoms. The number of carbonyl (C=O) groups is 1. The van der Waals surface area contributed by atoms with Crippen LogP contribution in [0.15, 0.2) is 65.6 Å². The molecule has 9 nitrogen and oxygen atoms in total. The molecular weight excluding hydrogens is 404 g/mol. The minimum Gasteiger partial charge on any atom is -0.353 e. The topological polar surface area (TPSA) is 139 Å². The van der Waals surface area contributed by atoms with Gasteiger partial charge in [-0.05, 0) is 49.4 Å². The smallest absolute Gasteiger partial charge is 0.274 e. The predicted octanol–water partition coefficient (Wildman–Crippen LogP) is 2.21. The number of hydrogen-bond donors (Lipinski definition) is 4. The SMILES string of the molecule is Cc1cc(C(=O)Nc2ccc(S(=O)(=O)Nc3ccccc3)cc2)nc(NCCN)n1. The summed E-state index contributed by atoms with van der Waals surface area (Å²) in [5.41, 5.74) is 7.17. The Balaban J connectivity index is 1.71. The fraction of sp³-hybridized carbons (Fsp3) is 0.150. The summed E-state index contributed by atoms with van der Waals surface area (Å²) in [5.74, 6) is -0.117. The number of benzene rings is 2. The lowest BCUT2D eigenvalue weighted by Gasteiger charge is -2.10. The van der Waals surface area contributed by atoms with Crippen molar-refractivity contribution in [2.45, 2.75) is 11.8 Å². The maximum atomic E-state index is 12.5. The van der Waals surface area contributed by atoms with Gasteiger partial charge in [-0.2, -0.15) is 0 Å². The summed E-state index contributed by atoms with van der Waals surface area (Å²) in [6, 6.07) is 16.0. The van der Waals surface area contributed by atoms with E-state index in [1.807, 2.05) is 0 Å². The highest BCUT2D eigenvalue weighted by atomic mass is 32.2. The second-order valence-corrected chi connectivity index (χ2v) is 8.07. The van der Waals surface area contributed by atoms with Crippen LogP contribution in [0, 0.1) is 6.92 Å². The molecule has 0 bridgehead atoms. The van der Waals surface area contributed by atoms with E-state index in [-0.39, 0.29) is 10.6 Å². The summed E-state index contributed by atoms with van der Waals surface area (Å²) in [7, 11) is -3.73. The minimum atomic E-state index is -3.73. The molecule has 0 aliphatic rings. The van der Waals surface area contributed by atoms with Gasteiger partial charge in [0.1, 0.15) is 5.69 Å². The third-order valence-corrected chi connectivity index (χ3v) is 5.36. The summed E-state index contributed by atoms with van der Waals surface area (Å²) in [4.78, 5) is 21.0. The highest BCUT2D eigenvalue weighted by Crippen LogP contribution is 2.18. The molecule has 0 saturated heterocycles. The van der Waals surface area contributed by atoms with Gasteiger partial charge in [-0.15, -0.1) is 0 Å². The monoisotopic (exact) mass is 426 g/mol. The van der Waals surface area contributed by atoms with E-state index in [0.717, 1.165) is 0 Å². The number of amides is 1. The van der Waals surface area contributed by atoms with E-state index in [4.69, 9.17) is 5.73 Å². The Morgan fingerprint density at radius 2 is 1.70 bits per heavy atom. The Labute approximate surface area is 174 Å². The number of hydrogen-bond acceptors (Lipinski definition) is 7. The number of carbonyl (C=O) groups excluding carboxylic acids is 1. The quantitative estimate of drug-likeness (QED) is 0.433. The van der Waals surface area contributed by atoms with Crippen LogP contribution >= 0.6 is 0 Å². The Hall–Kier alpha value is -3.50. The molecule has 30 heavy (non-hydrogen) atoms. The highest BCUT2D eigenvalue weighted by Gasteiger charge is 2.15. The molecule has 0 radical (unpaired) electrons. The van der Waals surface area contributed by atoms with Crippen molar-refractivity contribution in [2.24, 2.45) is 5.73 Å². The molecule has 2 aromatic carbocycles. The normalized spacial score (nSPS) is 11.0. The number of aromatic nitrogens is 2. The van der Waals surface area contributed by atoms with Crippen molar-refractivity contribution < 1.29 is 13.2 Å². The average molecular weight is 427 g/mol. The van der Waals surface area contributed by atoms with Crippen LogP contribution in [0.4, 0.5) is 17.3 Å². The summed E-state index contributed by atoms with van der Waals surface area (Å²) in [6.07, 6.45) is 0. The van der Waals surface area contributed by atoms with Crippen LogP contribution in [0.1, 0.15) is 16.2 Å². The third kappa shape index (κ3) is 5.52. The van der Waals surface area contributed by atoms with E-state index in [2.05, 4.69) is 25.3 Å². The first-order valence-electron chi connectivity index (χ1n) is 9.16. The van der Waals surface area contributed by atoms with E-state index in [9.17, 15) is 13.2 Å². The van der Waals surface area contributed by atoms with Gasteiger partial charge in [0.15, 0.2) is 0 Å². The molecule has 5 N–H and O–H groups in total. The maximum absolute atomic E-state index is 12.5. The van der Waals surface area contributed by atoms with Crippen LogP contribution in [0.5, 0.6) is 0 Å². The van der Waals surface area contributed by atoms with Crippen molar-refractivity contribution in [1.29, 1.82) is 0 Å². The summed E-state index contributed by atoms with van der Waals surface area (Å²) in [6.45, 7) is 2.65. The summed E-state index contributed by atoms with van der Waals surface area (Å²) < 4.78 is 27.5. The number of nitrogens with one attached hydrogen (secondary N) is 3. The van der Waals surface area contributed by atoms with Gasteiger partial charge >= 0.3 is 0 Å². The van der Waals surface area contributed by atoms with Crippen molar-refractivity contribution in [2.75, 3.05) is 28.4 Å². The lowest BCUT2D eigenvalue weighted by molar-refractivity contribution is 0.102. The number of rotatable bonds is 8. The molecule has 0 unspecified atom stereocenters. The zero-order valence-electron chi connectivity index (χ0n) is 16.3. The average Bonchev–Trinajstić information content (AvgIpc) is 2.72. The summed E-state index contributed by atoms with van der Waals surface area (Å²) >= 11 is 0. The van der Waals surface area contributed by atoms with Gasteiger partial charge in [0, 0.05) is 30.2 Å². The largest absolute Gasteiger partial charge is 0.353 e. The molecule has 0 fully saturated rings. The number of sulfonamides is 1. The zero-order chi connectivity index (χ0) is 21.6. The number of nitrogens with two attached hydrogens (primary N) is 1.